The van der Waals surface area contributed by atoms with E-state index in [1.165, 1.54) is 0 Å². The quantitative estimate of drug-likeness (QED) is 0.687. The number of amides is 1. The molecular weight excluding hydrogens is 266 g/mol. The second kappa shape index (κ2) is 4.96. The molecule has 0 N–H and O–H groups in total. The van der Waals surface area contributed by atoms with Crippen molar-refractivity contribution in [2.45, 2.75) is 46.3 Å². The van der Waals surface area contributed by atoms with Gasteiger partial charge in [-0.2, -0.15) is 0 Å². The van der Waals surface area contributed by atoms with Crippen molar-refractivity contribution >= 4 is 17.7 Å². The third-order valence-corrected chi connectivity index (χ3v) is 3.06. The summed E-state index contributed by atoms with van der Waals surface area (Å²) in [5.74, 6) is 0. The van der Waals surface area contributed by atoms with E-state index in [2.05, 4.69) is 9.97 Å². The summed E-state index contributed by atoms with van der Waals surface area (Å²) in [4.78, 5) is 22.1. The summed E-state index contributed by atoms with van der Waals surface area (Å²) >= 11 is 5.84. The van der Waals surface area contributed by atoms with E-state index < -0.39 is 5.60 Å². The van der Waals surface area contributed by atoms with Gasteiger partial charge in [-0.15, -0.1) is 0 Å². The highest BCUT2D eigenvalue weighted by molar-refractivity contribution is 6.28. The van der Waals surface area contributed by atoms with Crippen LogP contribution in [0.1, 0.15) is 37.7 Å². The molecule has 0 unspecified atom stereocenters. The van der Waals surface area contributed by atoms with Crippen molar-refractivity contribution in [3.63, 3.8) is 0 Å². The molecule has 0 atom stereocenters. The number of aryl methyl sites for hydroxylation is 1. The summed E-state index contributed by atoms with van der Waals surface area (Å²) in [6.45, 7) is 8.53. The molecule has 1 amide bonds. The van der Waals surface area contributed by atoms with Crippen molar-refractivity contribution in [3.8, 4) is 0 Å². The Labute approximate surface area is 117 Å². The van der Waals surface area contributed by atoms with Crippen LogP contribution < -0.4 is 0 Å². The van der Waals surface area contributed by atoms with Crippen LogP contribution in [0, 0.1) is 6.92 Å². The predicted octanol–water partition coefficient (Wildman–Crippen LogP) is 2.73. The second-order valence-corrected chi connectivity index (χ2v) is 5.99. The standard InChI is InChI=1S/C13H18ClN3O2/c1-8-9-7-17(12(18)19-13(2,3)4)6-5-10(9)16-11(14)15-8/h5-7H2,1-4H3. The average Bonchev–Trinajstić information content (AvgIpc) is 2.25. The summed E-state index contributed by atoms with van der Waals surface area (Å²) < 4.78 is 5.38. The average molecular weight is 284 g/mol. The molecule has 0 radical (unpaired) electrons. The lowest BCUT2D eigenvalue weighted by Gasteiger charge is -2.31. The first kappa shape index (κ1) is 14.1. The summed E-state index contributed by atoms with van der Waals surface area (Å²) in [6.07, 6.45) is 0.380. The zero-order valence-electron chi connectivity index (χ0n) is 11.7. The van der Waals surface area contributed by atoms with Crippen molar-refractivity contribution in [2.75, 3.05) is 6.54 Å². The maximum absolute atomic E-state index is 12.0. The van der Waals surface area contributed by atoms with Crippen LogP contribution in [0.15, 0.2) is 0 Å². The third-order valence-electron chi connectivity index (χ3n) is 2.89. The van der Waals surface area contributed by atoms with Gasteiger partial charge in [0.15, 0.2) is 0 Å². The Morgan fingerprint density at radius 1 is 1.37 bits per heavy atom. The van der Waals surface area contributed by atoms with E-state index in [0.717, 1.165) is 17.0 Å². The fourth-order valence-corrected chi connectivity index (χ4v) is 2.25. The lowest BCUT2D eigenvalue weighted by molar-refractivity contribution is 0.0222. The second-order valence-electron chi connectivity index (χ2n) is 5.66. The van der Waals surface area contributed by atoms with E-state index in [0.29, 0.717) is 19.5 Å². The Morgan fingerprint density at radius 3 is 2.68 bits per heavy atom. The number of carbonyl (C=O) groups is 1. The molecule has 6 heteroatoms. The first-order valence-corrected chi connectivity index (χ1v) is 6.64. The smallest absolute Gasteiger partial charge is 0.410 e. The van der Waals surface area contributed by atoms with Crippen LogP contribution in [0.3, 0.4) is 0 Å². The Morgan fingerprint density at radius 2 is 2.05 bits per heavy atom. The van der Waals surface area contributed by atoms with Crippen LogP contribution in [0.5, 0.6) is 0 Å². The molecule has 19 heavy (non-hydrogen) atoms. The van der Waals surface area contributed by atoms with Gasteiger partial charge in [-0.1, -0.05) is 0 Å². The maximum Gasteiger partial charge on any atom is 0.410 e. The molecule has 104 valence electrons. The van der Waals surface area contributed by atoms with Gasteiger partial charge in [0.05, 0.1) is 12.2 Å². The molecule has 0 aliphatic carbocycles. The number of carbonyl (C=O) groups excluding carboxylic acids is 1. The van der Waals surface area contributed by atoms with Crippen molar-refractivity contribution < 1.29 is 9.53 Å². The molecular formula is C13H18ClN3O2. The number of hydrogen-bond donors (Lipinski definition) is 0. The highest BCUT2D eigenvalue weighted by atomic mass is 35.5. The zero-order chi connectivity index (χ0) is 14.2. The monoisotopic (exact) mass is 283 g/mol. The highest BCUT2D eigenvalue weighted by Crippen LogP contribution is 2.22. The molecule has 5 nitrogen and oxygen atoms in total. The fraction of sp³-hybridized carbons (Fsp3) is 0.615. The molecule has 1 aromatic heterocycles. The Balaban J connectivity index is 2.16. The van der Waals surface area contributed by atoms with Gasteiger partial charge in [-0.3, -0.25) is 0 Å². The number of nitrogens with zero attached hydrogens (tertiary/aromatic N) is 3. The molecule has 1 aromatic rings. The molecule has 0 spiro atoms. The first-order chi connectivity index (χ1) is 8.76. The fourth-order valence-electron chi connectivity index (χ4n) is 2.02. The van der Waals surface area contributed by atoms with E-state index in [1.807, 2.05) is 27.7 Å². The van der Waals surface area contributed by atoms with Crippen LogP contribution in [-0.4, -0.2) is 33.1 Å². The third kappa shape index (κ3) is 3.35. The minimum Gasteiger partial charge on any atom is -0.444 e. The number of aromatic nitrogens is 2. The minimum atomic E-state index is -0.483. The lowest BCUT2D eigenvalue weighted by Crippen LogP contribution is -2.40. The van der Waals surface area contributed by atoms with E-state index in [1.54, 1.807) is 4.90 Å². The summed E-state index contributed by atoms with van der Waals surface area (Å²) in [5, 5.41) is 0.266. The summed E-state index contributed by atoms with van der Waals surface area (Å²) in [5.41, 5.74) is 2.24. The number of ether oxygens (including phenoxy) is 1. The minimum absolute atomic E-state index is 0.266. The number of fused-ring (bicyclic) bond motifs is 1. The van der Waals surface area contributed by atoms with Gasteiger partial charge in [0.1, 0.15) is 5.60 Å². The van der Waals surface area contributed by atoms with Gasteiger partial charge < -0.3 is 9.64 Å². The molecule has 0 saturated heterocycles. The van der Waals surface area contributed by atoms with E-state index in [-0.39, 0.29) is 11.4 Å². The van der Waals surface area contributed by atoms with Crippen LogP contribution in [0.2, 0.25) is 5.28 Å². The normalized spacial score (nSPS) is 15.1. The molecule has 0 bridgehead atoms. The highest BCUT2D eigenvalue weighted by Gasteiger charge is 2.27. The molecule has 0 saturated carbocycles. The van der Waals surface area contributed by atoms with Crippen LogP contribution in [0.25, 0.3) is 0 Å². The van der Waals surface area contributed by atoms with E-state index in [4.69, 9.17) is 16.3 Å². The molecule has 1 aliphatic rings. The molecule has 0 aromatic carbocycles. The molecule has 0 fully saturated rings. The van der Waals surface area contributed by atoms with Gasteiger partial charge in [0.2, 0.25) is 5.28 Å². The first-order valence-electron chi connectivity index (χ1n) is 6.26. The van der Waals surface area contributed by atoms with Crippen LogP contribution in [-0.2, 0) is 17.7 Å². The summed E-state index contributed by atoms with van der Waals surface area (Å²) in [7, 11) is 0. The van der Waals surface area contributed by atoms with Gasteiger partial charge in [0, 0.05) is 24.2 Å². The van der Waals surface area contributed by atoms with Crippen molar-refractivity contribution in [1.29, 1.82) is 0 Å². The topological polar surface area (TPSA) is 55.3 Å². The summed E-state index contributed by atoms with van der Waals surface area (Å²) in [6, 6.07) is 0. The van der Waals surface area contributed by atoms with E-state index in [9.17, 15) is 4.79 Å². The maximum atomic E-state index is 12.0. The van der Waals surface area contributed by atoms with Gasteiger partial charge in [0.25, 0.3) is 0 Å². The van der Waals surface area contributed by atoms with Crippen molar-refractivity contribution in [1.82, 2.24) is 14.9 Å². The Hall–Kier alpha value is -1.36. The van der Waals surface area contributed by atoms with Crippen LogP contribution in [0.4, 0.5) is 4.79 Å². The zero-order valence-corrected chi connectivity index (χ0v) is 12.4. The molecule has 2 heterocycles. The number of rotatable bonds is 0. The SMILES string of the molecule is Cc1nc(Cl)nc2c1CN(C(=O)OC(C)(C)C)CC2. The largest absolute Gasteiger partial charge is 0.444 e. The van der Waals surface area contributed by atoms with Crippen molar-refractivity contribution in [2.24, 2.45) is 0 Å². The van der Waals surface area contributed by atoms with Crippen LogP contribution >= 0.6 is 11.6 Å². The molecule has 1 aliphatic heterocycles. The Bertz CT molecular complexity index is 511. The van der Waals surface area contributed by atoms with E-state index >= 15 is 0 Å². The molecule has 2 rings (SSSR count). The van der Waals surface area contributed by atoms with Gasteiger partial charge in [-0.05, 0) is 39.3 Å². The Kier molecular flexibility index (Phi) is 3.67. The lowest BCUT2D eigenvalue weighted by atomic mass is 10.0. The van der Waals surface area contributed by atoms with Crippen molar-refractivity contribution in [3.05, 3.63) is 22.2 Å². The van der Waals surface area contributed by atoms with Gasteiger partial charge in [-0.25, -0.2) is 14.8 Å². The number of halogens is 1. The van der Waals surface area contributed by atoms with Gasteiger partial charge >= 0.3 is 6.09 Å². The number of hydrogen-bond acceptors (Lipinski definition) is 4. The predicted molar refractivity (Wildman–Crippen MR) is 72.1 cm³/mol.